The second kappa shape index (κ2) is 10.3. The van der Waals surface area contributed by atoms with Gasteiger partial charge in [0.2, 0.25) is 15.9 Å². The highest BCUT2D eigenvalue weighted by atomic mass is 32.2. The van der Waals surface area contributed by atoms with Crippen molar-refractivity contribution in [3.8, 4) is 0 Å². The minimum Gasteiger partial charge on any atom is -0.378 e. The Morgan fingerprint density at radius 2 is 1.73 bits per heavy atom. The van der Waals surface area contributed by atoms with Crippen molar-refractivity contribution in [2.24, 2.45) is 0 Å². The molecule has 0 bridgehead atoms. The number of ether oxygens (including phenoxy) is 1. The number of morpholine rings is 1. The summed E-state index contributed by atoms with van der Waals surface area (Å²) < 4.78 is 31.7. The Bertz CT molecular complexity index is 941. The van der Waals surface area contributed by atoms with Gasteiger partial charge in [-0.25, -0.2) is 8.42 Å². The van der Waals surface area contributed by atoms with Gasteiger partial charge in [0.05, 0.1) is 24.7 Å². The predicted molar refractivity (Wildman–Crippen MR) is 119 cm³/mol. The van der Waals surface area contributed by atoms with Gasteiger partial charge in [0.15, 0.2) is 0 Å². The number of thioether (sulfide) groups is 1. The fourth-order valence-electron chi connectivity index (χ4n) is 3.12. The van der Waals surface area contributed by atoms with Crippen LogP contribution in [0.15, 0.2) is 58.3 Å². The predicted octanol–water partition coefficient (Wildman–Crippen LogP) is 2.18. The summed E-state index contributed by atoms with van der Waals surface area (Å²) >= 11 is 1.54. The quantitative estimate of drug-likeness (QED) is 0.623. The first-order valence-corrected chi connectivity index (χ1v) is 12.4. The number of carbonyl (C=O) groups is 1. The maximum absolute atomic E-state index is 12.7. The number of sulfonamides is 1. The highest BCUT2D eigenvalue weighted by molar-refractivity contribution is 7.98. The molecule has 0 aromatic heterocycles. The molecule has 2 aromatic rings. The Morgan fingerprint density at radius 1 is 1.10 bits per heavy atom. The lowest BCUT2D eigenvalue weighted by atomic mass is 10.2. The molecule has 9 heteroatoms. The molecule has 0 aliphatic carbocycles. The molecule has 3 rings (SSSR count). The molecule has 0 unspecified atom stereocenters. The van der Waals surface area contributed by atoms with Gasteiger partial charge in [0.1, 0.15) is 0 Å². The number of carbonyl (C=O) groups excluding carboxylic acids is 1. The van der Waals surface area contributed by atoms with E-state index in [0.717, 1.165) is 46.8 Å². The lowest BCUT2D eigenvalue weighted by molar-refractivity contribution is -0.121. The molecular weight excluding hydrogens is 422 g/mol. The summed E-state index contributed by atoms with van der Waals surface area (Å²) in [6.45, 7) is 3.32. The smallest absolute Gasteiger partial charge is 0.243 e. The number of rotatable bonds is 8. The van der Waals surface area contributed by atoms with E-state index in [9.17, 15) is 13.2 Å². The summed E-state index contributed by atoms with van der Waals surface area (Å²) in [5, 5.41) is 2.79. The number of anilines is 1. The van der Waals surface area contributed by atoms with Crippen LogP contribution in [0.1, 0.15) is 5.56 Å². The average Bonchev–Trinajstić information content (AvgIpc) is 2.78. The number of nitrogens with one attached hydrogen (secondary N) is 1. The molecule has 2 aromatic carbocycles. The molecule has 0 radical (unpaired) electrons. The van der Waals surface area contributed by atoms with Gasteiger partial charge in [0.25, 0.3) is 0 Å². The lowest BCUT2D eigenvalue weighted by Gasteiger charge is -2.28. The monoisotopic (exact) mass is 449 g/mol. The zero-order valence-corrected chi connectivity index (χ0v) is 18.8. The van der Waals surface area contributed by atoms with Crippen molar-refractivity contribution in [2.75, 3.05) is 51.1 Å². The van der Waals surface area contributed by atoms with Gasteiger partial charge in [0, 0.05) is 37.3 Å². The van der Waals surface area contributed by atoms with E-state index in [-0.39, 0.29) is 17.3 Å². The molecule has 1 aliphatic rings. The number of nitrogens with zero attached hydrogens (tertiary/aromatic N) is 2. The van der Waals surface area contributed by atoms with Crippen LogP contribution in [-0.2, 0) is 26.1 Å². The van der Waals surface area contributed by atoms with Crippen LogP contribution in [0.3, 0.4) is 0 Å². The van der Waals surface area contributed by atoms with Crippen LogP contribution in [0, 0.1) is 0 Å². The second-order valence-corrected chi connectivity index (χ2v) is 9.90. The van der Waals surface area contributed by atoms with Crippen LogP contribution in [0.4, 0.5) is 5.69 Å². The third-order valence-electron chi connectivity index (χ3n) is 4.94. The van der Waals surface area contributed by atoms with Gasteiger partial charge in [-0.1, -0.05) is 12.1 Å². The van der Waals surface area contributed by atoms with Gasteiger partial charge in [-0.05, 0) is 48.2 Å². The standard InChI is InChI=1S/C21H27N3O4S2/c1-23(30(26,27)20-9-7-19(29-2)8-10-20)16-21(25)22-15-17-3-5-18(6-4-17)24-11-13-28-14-12-24/h3-10H,11-16H2,1-2H3,(H,22,25). The number of hydrogen-bond donors (Lipinski definition) is 1. The maximum atomic E-state index is 12.7. The van der Waals surface area contributed by atoms with E-state index in [1.54, 1.807) is 24.3 Å². The van der Waals surface area contributed by atoms with E-state index < -0.39 is 10.0 Å². The topological polar surface area (TPSA) is 79.0 Å². The fraction of sp³-hybridized carbons (Fsp3) is 0.381. The summed E-state index contributed by atoms with van der Waals surface area (Å²) in [5.74, 6) is -0.348. The third kappa shape index (κ3) is 5.75. The molecule has 1 amide bonds. The van der Waals surface area contributed by atoms with E-state index in [2.05, 4.69) is 10.2 Å². The molecule has 7 nitrogen and oxygen atoms in total. The molecule has 30 heavy (non-hydrogen) atoms. The molecular formula is C21H27N3O4S2. The summed E-state index contributed by atoms with van der Waals surface area (Å²) in [6.07, 6.45) is 1.93. The van der Waals surface area contributed by atoms with Crippen LogP contribution in [0.25, 0.3) is 0 Å². The van der Waals surface area contributed by atoms with Gasteiger partial charge < -0.3 is 15.0 Å². The van der Waals surface area contributed by atoms with Crippen LogP contribution < -0.4 is 10.2 Å². The number of likely N-dealkylation sites (N-methyl/N-ethyl adjacent to an activating group) is 1. The summed E-state index contributed by atoms with van der Waals surface area (Å²) in [6, 6.07) is 14.6. The van der Waals surface area contributed by atoms with Crippen LogP contribution in [-0.4, -0.2) is 64.8 Å². The zero-order valence-electron chi connectivity index (χ0n) is 17.2. The Hall–Kier alpha value is -2.07. The summed E-state index contributed by atoms with van der Waals surface area (Å²) in [7, 11) is -2.30. The van der Waals surface area contributed by atoms with Crippen LogP contribution >= 0.6 is 11.8 Å². The molecule has 162 valence electrons. The number of hydrogen-bond acceptors (Lipinski definition) is 6. The summed E-state index contributed by atoms with van der Waals surface area (Å²) in [4.78, 5) is 15.7. The molecule has 0 saturated carbocycles. The van der Waals surface area contributed by atoms with E-state index >= 15 is 0 Å². The van der Waals surface area contributed by atoms with E-state index in [1.165, 1.54) is 18.8 Å². The highest BCUT2D eigenvalue weighted by Crippen LogP contribution is 2.20. The molecule has 1 N–H and O–H groups in total. The van der Waals surface area contributed by atoms with Crippen LogP contribution in [0.5, 0.6) is 0 Å². The minimum atomic E-state index is -3.71. The van der Waals surface area contributed by atoms with Gasteiger partial charge in [-0.15, -0.1) is 11.8 Å². The molecule has 1 aliphatic heterocycles. The Balaban J connectivity index is 1.52. The normalized spacial score (nSPS) is 14.7. The van der Waals surface area contributed by atoms with Crippen molar-refractivity contribution >= 4 is 33.4 Å². The van der Waals surface area contributed by atoms with Crippen molar-refractivity contribution in [1.82, 2.24) is 9.62 Å². The molecule has 0 spiro atoms. The van der Waals surface area contributed by atoms with Crippen LogP contribution in [0.2, 0.25) is 0 Å². The second-order valence-electron chi connectivity index (χ2n) is 6.98. The maximum Gasteiger partial charge on any atom is 0.243 e. The first kappa shape index (κ1) is 22.6. The SMILES string of the molecule is CSc1ccc(S(=O)(=O)N(C)CC(=O)NCc2ccc(N3CCOCC3)cc2)cc1. The van der Waals surface area contributed by atoms with Crippen molar-refractivity contribution in [2.45, 2.75) is 16.3 Å². The molecule has 1 heterocycles. The van der Waals surface area contributed by atoms with Gasteiger partial charge in [-0.2, -0.15) is 4.31 Å². The van der Waals surface area contributed by atoms with Gasteiger partial charge >= 0.3 is 0 Å². The Kier molecular flexibility index (Phi) is 7.76. The van der Waals surface area contributed by atoms with E-state index in [4.69, 9.17) is 4.74 Å². The largest absolute Gasteiger partial charge is 0.378 e. The van der Waals surface area contributed by atoms with Gasteiger partial charge in [-0.3, -0.25) is 4.79 Å². The number of amides is 1. The molecule has 1 fully saturated rings. The van der Waals surface area contributed by atoms with Crippen molar-refractivity contribution in [3.63, 3.8) is 0 Å². The zero-order chi connectivity index (χ0) is 21.6. The summed E-state index contributed by atoms with van der Waals surface area (Å²) in [5.41, 5.74) is 2.09. The first-order chi connectivity index (χ1) is 14.4. The molecule has 1 saturated heterocycles. The highest BCUT2D eigenvalue weighted by Gasteiger charge is 2.22. The van der Waals surface area contributed by atoms with E-state index in [0.29, 0.717) is 6.54 Å². The Labute approximate surface area is 182 Å². The lowest BCUT2D eigenvalue weighted by Crippen LogP contribution is -2.38. The first-order valence-electron chi connectivity index (χ1n) is 9.69. The van der Waals surface area contributed by atoms with Crippen molar-refractivity contribution in [3.05, 3.63) is 54.1 Å². The van der Waals surface area contributed by atoms with E-state index in [1.807, 2.05) is 30.5 Å². The number of benzene rings is 2. The minimum absolute atomic E-state index is 0.175. The van der Waals surface area contributed by atoms with Crippen molar-refractivity contribution < 1.29 is 17.9 Å². The van der Waals surface area contributed by atoms with Crippen molar-refractivity contribution in [1.29, 1.82) is 0 Å². The molecule has 0 atom stereocenters. The third-order valence-corrected chi connectivity index (χ3v) is 7.50. The fourth-order valence-corrected chi connectivity index (χ4v) is 4.65. The average molecular weight is 450 g/mol. The Morgan fingerprint density at radius 3 is 2.33 bits per heavy atom.